The molecule has 0 spiro atoms. The van der Waals surface area contributed by atoms with E-state index >= 15 is 0 Å². The van der Waals surface area contributed by atoms with Crippen LogP contribution >= 0.6 is 11.6 Å². The van der Waals surface area contributed by atoms with Gasteiger partial charge in [-0.2, -0.15) is 0 Å². The van der Waals surface area contributed by atoms with Gasteiger partial charge in [-0.3, -0.25) is 9.59 Å². The zero-order valence-electron chi connectivity index (χ0n) is 24.3. The third-order valence-corrected chi connectivity index (χ3v) is 8.70. The van der Waals surface area contributed by atoms with Crippen LogP contribution in [0.15, 0.2) is 84.9 Å². The molecule has 9 nitrogen and oxygen atoms in total. The first-order chi connectivity index (χ1) is 21.2. The molecule has 3 atom stereocenters. The van der Waals surface area contributed by atoms with Gasteiger partial charge in [0.1, 0.15) is 5.75 Å². The Morgan fingerprint density at radius 2 is 1.43 bits per heavy atom. The zero-order valence-corrected chi connectivity index (χ0v) is 25.1. The fourth-order valence-electron chi connectivity index (χ4n) is 5.93. The summed E-state index contributed by atoms with van der Waals surface area (Å²) in [5.74, 6) is -3.29. The molecule has 0 bridgehead atoms. The maximum absolute atomic E-state index is 13.6. The Labute approximate surface area is 261 Å². The van der Waals surface area contributed by atoms with E-state index in [0.717, 1.165) is 32.5 Å². The monoisotopic (exact) mass is 621 g/mol. The van der Waals surface area contributed by atoms with Crippen LogP contribution in [-0.2, 0) is 34.5 Å². The molecule has 3 unspecified atom stereocenters. The second kappa shape index (κ2) is 13.4. The number of carboxylic acids is 1. The summed E-state index contributed by atoms with van der Waals surface area (Å²) in [6, 6.07) is 23.8. The summed E-state index contributed by atoms with van der Waals surface area (Å²) in [5, 5.41) is 18.2. The molecule has 2 aliphatic heterocycles. The number of aliphatic hydroxyl groups is 1. The summed E-state index contributed by atoms with van der Waals surface area (Å²) in [5.41, 5.74) is -3.66. The van der Waals surface area contributed by atoms with Gasteiger partial charge >= 0.3 is 17.9 Å². The van der Waals surface area contributed by atoms with E-state index in [4.69, 9.17) is 25.8 Å². The fourth-order valence-corrected chi connectivity index (χ4v) is 6.38. The zero-order chi connectivity index (χ0) is 31.2. The van der Waals surface area contributed by atoms with E-state index in [0.29, 0.717) is 23.5 Å². The molecular weight excluding hydrogens is 586 g/mol. The van der Waals surface area contributed by atoms with Gasteiger partial charge in [0.25, 0.3) is 5.06 Å². The van der Waals surface area contributed by atoms with Gasteiger partial charge in [-0.1, -0.05) is 84.4 Å². The number of hydrogen-bond donors (Lipinski definition) is 2. The van der Waals surface area contributed by atoms with Crippen LogP contribution in [0.1, 0.15) is 55.2 Å². The number of aliphatic carboxylic acids is 1. The molecule has 2 N–H and O–H groups in total. The lowest BCUT2D eigenvalue weighted by molar-refractivity contribution is -0.219. The quantitative estimate of drug-likeness (QED) is 0.173. The largest absolute Gasteiger partial charge is 0.494 e. The fraction of sp³-hybridized carbons (Fsp3) is 0.382. The lowest BCUT2D eigenvalue weighted by atomic mass is 9.77. The molecule has 0 saturated carbocycles. The number of likely N-dealkylation sites (tertiary alicyclic amines) is 1. The third kappa shape index (κ3) is 6.45. The lowest BCUT2D eigenvalue weighted by Gasteiger charge is -2.48. The highest BCUT2D eigenvalue weighted by atomic mass is 35.5. The molecule has 232 valence electrons. The molecule has 2 fully saturated rings. The summed E-state index contributed by atoms with van der Waals surface area (Å²) in [6.07, 6.45) is 2.43. The van der Waals surface area contributed by atoms with Crippen molar-refractivity contribution in [3.8, 4) is 5.75 Å². The van der Waals surface area contributed by atoms with Gasteiger partial charge in [0.2, 0.25) is 5.60 Å². The predicted octanol–water partition coefficient (Wildman–Crippen LogP) is 4.97. The van der Waals surface area contributed by atoms with Crippen molar-refractivity contribution in [3.05, 3.63) is 102 Å². The molecule has 44 heavy (non-hydrogen) atoms. The molecule has 10 heteroatoms. The third-order valence-electron chi connectivity index (χ3n) is 8.14. The first-order valence-corrected chi connectivity index (χ1v) is 15.2. The summed E-state index contributed by atoms with van der Waals surface area (Å²) >= 11 is 7.39. The summed E-state index contributed by atoms with van der Waals surface area (Å²) in [7, 11) is 0. The van der Waals surface area contributed by atoms with Crippen molar-refractivity contribution in [1.29, 1.82) is 0 Å². The molecule has 3 aromatic rings. The number of alkyl halides is 1. The van der Waals surface area contributed by atoms with Gasteiger partial charge in [-0.15, -0.1) is 0 Å². The van der Waals surface area contributed by atoms with Crippen molar-refractivity contribution in [2.45, 2.75) is 54.8 Å². The second-order valence-electron chi connectivity index (χ2n) is 11.3. The van der Waals surface area contributed by atoms with Crippen molar-refractivity contribution in [2.75, 3.05) is 26.2 Å². The average molecular weight is 622 g/mol. The molecule has 2 heterocycles. The summed E-state index contributed by atoms with van der Waals surface area (Å²) < 4.78 is 18.1. The molecule has 2 saturated heterocycles. The highest BCUT2D eigenvalue weighted by Crippen LogP contribution is 2.55. The number of halogens is 1. The van der Waals surface area contributed by atoms with Gasteiger partial charge in [-0.25, -0.2) is 4.79 Å². The van der Waals surface area contributed by atoms with Crippen LogP contribution < -0.4 is 4.74 Å². The van der Waals surface area contributed by atoms with Crippen molar-refractivity contribution >= 4 is 29.5 Å². The maximum atomic E-state index is 13.6. The van der Waals surface area contributed by atoms with Gasteiger partial charge in [0.05, 0.1) is 19.4 Å². The van der Waals surface area contributed by atoms with Gasteiger partial charge in [0, 0.05) is 16.7 Å². The first kappa shape index (κ1) is 31.5. The van der Waals surface area contributed by atoms with E-state index < -0.39 is 47.0 Å². The van der Waals surface area contributed by atoms with E-state index in [1.807, 2.05) is 0 Å². The van der Waals surface area contributed by atoms with E-state index in [-0.39, 0.29) is 5.56 Å². The van der Waals surface area contributed by atoms with E-state index in [1.165, 1.54) is 12.8 Å². The number of cyclic esters (lactones) is 2. The van der Waals surface area contributed by atoms with Crippen molar-refractivity contribution in [1.82, 2.24) is 4.90 Å². The molecule has 0 aromatic heterocycles. The van der Waals surface area contributed by atoms with Crippen molar-refractivity contribution < 1.29 is 38.8 Å². The van der Waals surface area contributed by atoms with Crippen LogP contribution in [0.3, 0.4) is 0 Å². The summed E-state index contributed by atoms with van der Waals surface area (Å²) in [6.45, 7) is 3.92. The van der Waals surface area contributed by atoms with Gasteiger partial charge < -0.3 is 29.3 Å². The molecule has 0 aliphatic carbocycles. The number of hydrogen-bond acceptors (Lipinski definition) is 8. The van der Waals surface area contributed by atoms with Crippen LogP contribution in [0.25, 0.3) is 0 Å². The molecule has 0 radical (unpaired) electrons. The lowest BCUT2D eigenvalue weighted by Crippen LogP contribution is -2.58. The topological polar surface area (TPSA) is 123 Å². The number of nitrogens with zero attached hydrogens (tertiary/aromatic N) is 1. The standard InChI is InChI=1S/C34H36ClNO8/c35-34(27-13-5-2-6-14-27)33(25-11-3-1-4-12-25,43-30(39)24-32(41,23-29(37)38)31(40)44-34)26-15-17-28(18-16-26)42-22-10-9-21-36-19-7-8-20-36/h1-6,11-18,41H,7-10,19-24H2,(H,37,38). The minimum absolute atomic E-state index is 0.240. The Morgan fingerprint density at radius 1 is 0.841 bits per heavy atom. The Morgan fingerprint density at radius 3 is 2.05 bits per heavy atom. The highest BCUT2D eigenvalue weighted by molar-refractivity contribution is 6.25. The van der Waals surface area contributed by atoms with Gasteiger partial charge in [0.15, 0.2) is 5.60 Å². The van der Waals surface area contributed by atoms with Crippen LogP contribution in [-0.4, -0.2) is 64.9 Å². The number of unbranched alkanes of at least 4 members (excludes halogenated alkanes) is 1. The average Bonchev–Trinajstić information content (AvgIpc) is 3.53. The SMILES string of the molecule is O=C(O)CC1(O)CC(=O)OC(c2ccccc2)(c2ccc(OCCCCN3CCCC3)cc2)C(Cl)(c2ccccc2)OC1=O. The normalized spacial score (nSPS) is 25.9. The van der Waals surface area contributed by atoms with E-state index in [9.17, 15) is 24.6 Å². The summed E-state index contributed by atoms with van der Waals surface area (Å²) in [4.78, 5) is 41.2. The minimum atomic E-state index is -2.70. The number of ether oxygens (including phenoxy) is 3. The predicted molar refractivity (Wildman–Crippen MR) is 162 cm³/mol. The highest BCUT2D eigenvalue weighted by Gasteiger charge is 2.64. The Balaban J connectivity index is 1.53. The smallest absolute Gasteiger partial charge is 0.341 e. The van der Waals surface area contributed by atoms with Crippen molar-refractivity contribution in [2.24, 2.45) is 0 Å². The Kier molecular flexibility index (Phi) is 9.58. The molecule has 5 rings (SSSR count). The number of carbonyl (C=O) groups excluding carboxylic acids is 2. The number of benzene rings is 3. The number of carbonyl (C=O) groups is 3. The number of esters is 2. The molecule has 2 aliphatic rings. The molecule has 3 aromatic carbocycles. The Bertz CT molecular complexity index is 1450. The van der Waals surface area contributed by atoms with Crippen molar-refractivity contribution in [3.63, 3.8) is 0 Å². The maximum Gasteiger partial charge on any atom is 0.341 e. The van der Waals surface area contributed by atoms with Crippen LogP contribution in [0.2, 0.25) is 0 Å². The number of rotatable bonds is 11. The molecular formula is C34H36ClNO8. The molecule has 0 amide bonds. The first-order valence-electron chi connectivity index (χ1n) is 14.8. The second-order valence-corrected chi connectivity index (χ2v) is 11.8. The van der Waals surface area contributed by atoms with Crippen LogP contribution in [0.4, 0.5) is 0 Å². The van der Waals surface area contributed by atoms with E-state index in [1.54, 1.807) is 84.9 Å². The van der Waals surface area contributed by atoms with Gasteiger partial charge in [-0.05, 0) is 57.5 Å². The van der Waals surface area contributed by atoms with Crippen LogP contribution in [0, 0.1) is 0 Å². The number of carboxylic acid groups (broad SMARTS) is 1. The Hall–Kier alpha value is -3.92. The van der Waals surface area contributed by atoms with Crippen LogP contribution in [0.5, 0.6) is 5.75 Å². The minimum Gasteiger partial charge on any atom is -0.494 e. The van der Waals surface area contributed by atoms with E-state index in [2.05, 4.69) is 4.90 Å².